The predicted octanol–water partition coefficient (Wildman–Crippen LogP) is 0.587. The summed E-state index contributed by atoms with van der Waals surface area (Å²) in [5, 5.41) is 5.64. The molecule has 1 saturated carbocycles. The monoisotopic (exact) mass is 340 g/mol. The highest BCUT2D eigenvalue weighted by molar-refractivity contribution is 14.0. The topological polar surface area (TPSA) is 79.5 Å². The number of carbonyl (C=O) groups excluding carboxylic acids is 1. The van der Waals surface area contributed by atoms with Crippen LogP contribution in [-0.2, 0) is 4.79 Å². The highest BCUT2D eigenvalue weighted by atomic mass is 127. The molecule has 0 aromatic carbocycles. The average Bonchev–Trinajstić information content (AvgIpc) is 2.27. The van der Waals surface area contributed by atoms with Crippen LogP contribution in [0.2, 0.25) is 0 Å². The van der Waals surface area contributed by atoms with Gasteiger partial charge < -0.3 is 16.4 Å². The van der Waals surface area contributed by atoms with Crippen LogP contribution in [0.3, 0.4) is 0 Å². The van der Waals surface area contributed by atoms with Crippen LogP contribution in [0.15, 0.2) is 4.99 Å². The zero-order chi connectivity index (χ0) is 11.1. The number of carbonyl (C=O) groups is 1. The van der Waals surface area contributed by atoms with Crippen molar-refractivity contribution in [1.82, 2.24) is 10.6 Å². The third-order valence-electron chi connectivity index (χ3n) is 2.63. The second-order valence-electron chi connectivity index (χ2n) is 3.85. The summed E-state index contributed by atoms with van der Waals surface area (Å²) in [6, 6.07) is 0.437. The van der Waals surface area contributed by atoms with Gasteiger partial charge in [0, 0.05) is 13.1 Å². The third-order valence-corrected chi connectivity index (χ3v) is 2.63. The number of rotatable bonds is 3. The van der Waals surface area contributed by atoms with Crippen LogP contribution >= 0.6 is 24.0 Å². The van der Waals surface area contributed by atoms with Gasteiger partial charge in [-0.15, -0.1) is 24.0 Å². The Morgan fingerprint density at radius 2 is 2.00 bits per heavy atom. The van der Waals surface area contributed by atoms with E-state index in [0.717, 1.165) is 12.8 Å². The van der Waals surface area contributed by atoms with Gasteiger partial charge in [0.25, 0.3) is 0 Å². The second-order valence-corrected chi connectivity index (χ2v) is 3.85. The number of hydrogen-bond acceptors (Lipinski definition) is 2. The lowest BCUT2D eigenvalue weighted by Crippen LogP contribution is -2.41. The van der Waals surface area contributed by atoms with Gasteiger partial charge in [-0.05, 0) is 12.8 Å². The molecule has 0 aliphatic heterocycles. The molecule has 0 bridgehead atoms. The van der Waals surface area contributed by atoms with E-state index in [0.29, 0.717) is 12.0 Å². The molecule has 1 aliphatic carbocycles. The standard InChI is InChI=1S/C10H20N4O.HI/c1-12-9(15)7-13-10(11)14-8-5-3-2-4-6-8;/h8H,2-7H2,1H3,(H,12,15)(H3,11,13,14);1H. The fourth-order valence-corrected chi connectivity index (χ4v) is 1.74. The Bertz CT molecular complexity index is 239. The molecular weight excluding hydrogens is 319 g/mol. The number of likely N-dealkylation sites (N-methyl/N-ethyl adjacent to an activating group) is 1. The number of nitrogens with one attached hydrogen (secondary N) is 2. The number of hydrogen-bond donors (Lipinski definition) is 3. The van der Waals surface area contributed by atoms with Crippen molar-refractivity contribution in [2.45, 2.75) is 38.1 Å². The quantitative estimate of drug-likeness (QED) is 0.400. The molecule has 16 heavy (non-hydrogen) atoms. The molecular formula is C10H21IN4O. The molecule has 5 nitrogen and oxygen atoms in total. The van der Waals surface area contributed by atoms with Crippen molar-refractivity contribution < 1.29 is 4.79 Å². The molecule has 0 spiro atoms. The summed E-state index contributed by atoms with van der Waals surface area (Å²) in [6.45, 7) is 0.0993. The molecule has 0 radical (unpaired) electrons. The molecule has 6 heteroatoms. The first kappa shape index (κ1) is 15.5. The summed E-state index contributed by atoms with van der Waals surface area (Å²) in [5.41, 5.74) is 5.67. The maximum atomic E-state index is 10.9. The van der Waals surface area contributed by atoms with E-state index in [1.54, 1.807) is 7.05 Å². The largest absolute Gasteiger partial charge is 0.370 e. The number of amides is 1. The zero-order valence-corrected chi connectivity index (χ0v) is 12.0. The van der Waals surface area contributed by atoms with E-state index in [4.69, 9.17) is 5.73 Å². The minimum atomic E-state index is -0.122. The number of halogens is 1. The molecule has 4 N–H and O–H groups in total. The fraction of sp³-hybridized carbons (Fsp3) is 0.800. The average molecular weight is 340 g/mol. The first-order chi connectivity index (χ1) is 7.22. The first-order valence-corrected chi connectivity index (χ1v) is 5.49. The lowest BCUT2D eigenvalue weighted by molar-refractivity contribution is -0.119. The van der Waals surface area contributed by atoms with E-state index in [1.807, 2.05) is 0 Å². The summed E-state index contributed by atoms with van der Waals surface area (Å²) in [5.74, 6) is 0.258. The minimum absolute atomic E-state index is 0. The van der Waals surface area contributed by atoms with E-state index in [9.17, 15) is 4.79 Å². The van der Waals surface area contributed by atoms with Gasteiger partial charge in [-0.3, -0.25) is 4.79 Å². The van der Waals surface area contributed by atoms with Gasteiger partial charge in [-0.1, -0.05) is 19.3 Å². The molecule has 1 rings (SSSR count). The van der Waals surface area contributed by atoms with Gasteiger partial charge in [0.05, 0.1) is 0 Å². The van der Waals surface area contributed by atoms with Crippen molar-refractivity contribution >= 4 is 35.8 Å². The fourth-order valence-electron chi connectivity index (χ4n) is 1.74. The highest BCUT2D eigenvalue weighted by Crippen LogP contribution is 2.16. The van der Waals surface area contributed by atoms with Crippen LogP contribution < -0.4 is 16.4 Å². The number of guanidine groups is 1. The highest BCUT2D eigenvalue weighted by Gasteiger charge is 2.13. The summed E-state index contributed by atoms with van der Waals surface area (Å²) >= 11 is 0. The molecule has 1 fully saturated rings. The molecule has 0 unspecified atom stereocenters. The molecule has 0 heterocycles. The Labute approximate surface area is 114 Å². The maximum absolute atomic E-state index is 10.9. The Hall–Kier alpha value is -0.530. The SMILES string of the molecule is CNC(=O)CN=C(N)NC1CCCCC1.I. The Morgan fingerprint density at radius 1 is 1.38 bits per heavy atom. The van der Waals surface area contributed by atoms with Gasteiger partial charge in [0.1, 0.15) is 6.54 Å². The van der Waals surface area contributed by atoms with E-state index < -0.39 is 0 Å². The predicted molar refractivity (Wildman–Crippen MR) is 76.0 cm³/mol. The summed E-state index contributed by atoms with van der Waals surface area (Å²) in [7, 11) is 1.59. The van der Waals surface area contributed by atoms with Crippen molar-refractivity contribution in [1.29, 1.82) is 0 Å². The summed E-state index contributed by atoms with van der Waals surface area (Å²) in [4.78, 5) is 14.9. The van der Waals surface area contributed by atoms with Crippen LogP contribution in [0.4, 0.5) is 0 Å². The van der Waals surface area contributed by atoms with Gasteiger partial charge >= 0.3 is 0 Å². The molecule has 94 valence electrons. The minimum Gasteiger partial charge on any atom is -0.370 e. The Balaban J connectivity index is 0.00000225. The zero-order valence-electron chi connectivity index (χ0n) is 9.66. The van der Waals surface area contributed by atoms with Crippen molar-refractivity contribution in [2.24, 2.45) is 10.7 Å². The molecule has 1 amide bonds. The summed E-state index contributed by atoms with van der Waals surface area (Å²) < 4.78 is 0. The molecule has 0 aromatic rings. The number of nitrogens with zero attached hydrogens (tertiary/aromatic N) is 1. The van der Waals surface area contributed by atoms with Gasteiger partial charge in [-0.2, -0.15) is 0 Å². The van der Waals surface area contributed by atoms with E-state index in [1.165, 1.54) is 19.3 Å². The van der Waals surface area contributed by atoms with Gasteiger partial charge in [-0.25, -0.2) is 4.99 Å². The number of nitrogens with two attached hydrogens (primary N) is 1. The Morgan fingerprint density at radius 3 is 2.56 bits per heavy atom. The lowest BCUT2D eigenvalue weighted by Gasteiger charge is -2.23. The van der Waals surface area contributed by atoms with E-state index >= 15 is 0 Å². The van der Waals surface area contributed by atoms with E-state index in [2.05, 4.69) is 15.6 Å². The Kier molecular flexibility index (Phi) is 8.32. The maximum Gasteiger partial charge on any atom is 0.241 e. The van der Waals surface area contributed by atoms with Crippen molar-refractivity contribution in [3.05, 3.63) is 0 Å². The molecule has 1 aliphatic rings. The van der Waals surface area contributed by atoms with E-state index in [-0.39, 0.29) is 36.4 Å². The van der Waals surface area contributed by atoms with Crippen LogP contribution in [0.5, 0.6) is 0 Å². The molecule has 0 saturated heterocycles. The van der Waals surface area contributed by atoms with Crippen molar-refractivity contribution in [3.8, 4) is 0 Å². The third kappa shape index (κ3) is 6.14. The van der Waals surface area contributed by atoms with Crippen LogP contribution in [0.25, 0.3) is 0 Å². The van der Waals surface area contributed by atoms with Gasteiger partial charge in [0.2, 0.25) is 5.91 Å². The lowest BCUT2D eigenvalue weighted by atomic mass is 9.96. The van der Waals surface area contributed by atoms with Crippen molar-refractivity contribution in [3.63, 3.8) is 0 Å². The second kappa shape index (κ2) is 8.60. The van der Waals surface area contributed by atoms with Crippen LogP contribution in [0, 0.1) is 0 Å². The van der Waals surface area contributed by atoms with Crippen LogP contribution in [-0.4, -0.2) is 31.5 Å². The molecule has 0 aromatic heterocycles. The van der Waals surface area contributed by atoms with Crippen LogP contribution in [0.1, 0.15) is 32.1 Å². The normalized spacial score (nSPS) is 17.4. The molecule has 0 atom stereocenters. The van der Waals surface area contributed by atoms with Gasteiger partial charge in [0.15, 0.2) is 5.96 Å². The summed E-state index contributed by atoms with van der Waals surface area (Å²) in [6.07, 6.45) is 6.11. The number of aliphatic imine (C=N–C) groups is 1. The smallest absolute Gasteiger partial charge is 0.241 e. The first-order valence-electron chi connectivity index (χ1n) is 5.49. The van der Waals surface area contributed by atoms with Crippen molar-refractivity contribution in [2.75, 3.05) is 13.6 Å².